The van der Waals surface area contributed by atoms with Crippen molar-refractivity contribution in [1.29, 1.82) is 0 Å². The Balaban J connectivity index is 1.50. The average Bonchev–Trinajstić information content (AvgIpc) is 3.01. The molecule has 4 fully saturated rings. The van der Waals surface area contributed by atoms with Crippen LogP contribution in [-0.4, -0.2) is 26.0 Å². The highest BCUT2D eigenvalue weighted by Crippen LogP contribution is 2.55. The second-order valence-corrected chi connectivity index (χ2v) is 10.7. The molecule has 0 atom stereocenters. The summed E-state index contributed by atoms with van der Waals surface area (Å²) in [7, 11) is 0. The number of amides is 1. The first-order valence-corrected chi connectivity index (χ1v) is 10.7. The van der Waals surface area contributed by atoms with E-state index in [1.807, 2.05) is 20.8 Å². The van der Waals surface area contributed by atoms with Crippen molar-refractivity contribution in [3.8, 4) is 0 Å². The minimum absolute atomic E-state index is 0.00481. The third kappa shape index (κ3) is 3.28. The molecule has 4 aliphatic carbocycles. The monoisotopic (exact) mass is 420 g/mol. The lowest BCUT2D eigenvalue weighted by molar-refractivity contribution is -0.142. The maximum Gasteiger partial charge on any atom is 0.433 e. The summed E-state index contributed by atoms with van der Waals surface area (Å²) in [5.41, 5.74) is -1.34. The van der Waals surface area contributed by atoms with Crippen molar-refractivity contribution < 1.29 is 18.0 Å². The van der Waals surface area contributed by atoms with Crippen molar-refractivity contribution >= 4 is 11.6 Å². The third-order valence-corrected chi connectivity index (χ3v) is 7.14. The zero-order valence-corrected chi connectivity index (χ0v) is 17.5. The predicted octanol–water partition coefficient (Wildman–Crippen LogP) is 4.74. The first-order valence-electron chi connectivity index (χ1n) is 10.7. The van der Waals surface area contributed by atoms with Gasteiger partial charge in [0.25, 0.3) is 5.91 Å². The fourth-order valence-electron chi connectivity index (χ4n) is 6.24. The molecule has 0 aromatic carbocycles. The van der Waals surface area contributed by atoms with Gasteiger partial charge in [-0.15, -0.1) is 0 Å². The van der Waals surface area contributed by atoms with E-state index < -0.39 is 23.2 Å². The van der Waals surface area contributed by atoms with Gasteiger partial charge in [0.15, 0.2) is 11.3 Å². The van der Waals surface area contributed by atoms with E-state index in [4.69, 9.17) is 0 Å². The Morgan fingerprint density at radius 3 is 2.13 bits per heavy atom. The number of carbonyl (C=O) groups is 1. The van der Waals surface area contributed by atoms with E-state index in [0.717, 1.165) is 29.8 Å². The minimum atomic E-state index is -4.60. The number of halogens is 3. The number of hydrogen-bond donors (Lipinski definition) is 1. The molecule has 0 aliphatic heterocycles. The van der Waals surface area contributed by atoms with E-state index >= 15 is 0 Å². The highest BCUT2D eigenvalue weighted by molar-refractivity contribution is 5.94. The Bertz CT molecular complexity index is 983. The van der Waals surface area contributed by atoms with Crippen LogP contribution in [0.5, 0.6) is 0 Å². The van der Waals surface area contributed by atoms with Crippen molar-refractivity contribution in [3.63, 3.8) is 0 Å². The van der Waals surface area contributed by atoms with Crippen LogP contribution in [0.1, 0.15) is 81.2 Å². The van der Waals surface area contributed by atoms with Crippen LogP contribution in [0.15, 0.2) is 12.1 Å². The van der Waals surface area contributed by atoms with Crippen molar-refractivity contribution in [3.05, 3.63) is 29.2 Å². The molecule has 2 aromatic rings. The second-order valence-electron chi connectivity index (χ2n) is 10.7. The standard InChI is InChI=1S/C22H27F3N4O/c1-20(2,3)16-8-17(22(23,24)25)29-18(26-16)7-15(28-29)19(30)27-21-9-12-4-13(10-21)6-14(5-12)11-21/h7-8,12-14H,4-6,9-11H2,1-3H3,(H,27,30). The molecule has 5 nitrogen and oxygen atoms in total. The maximum absolute atomic E-state index is 13.7. The molecule has 0 spiro atoms. The number of carbonyl (C=O) groups excluding carboxylic acids is 1. The van der Waals surface area contributed by atoms with Gasteiger partial charge in [0.05, 0.1) is 5.69 Å². The van der Waals surface area contributed by atoms with Crippen molar-refractivity contribution in [1.82, 2.24) is 19.9 Å². The van der Waals surface area contributed by atoms with Gasteiger partial charge in [-0.1, -0.05) is 20.8 Å². The lowest BCUT2D eigenvalue weighted by Crippen LogP contribution is -2.59. The number of nitrogens with one attached hydrogen (secondary N) is 1. The Morgan fingerprint density at radius 2 is 1.63 bits per heavy atom. The fraction of sp³-hybridized carbons (Fsp3) is 0.682. The number of rotatable bonds is 2. The molecule has 6 rings (SSSR count). The molecule has 4 saturated carbocycles. The van der Waals surface area contributed by atoms with Crippen LogP contribution in [0.2, 0.25) is 0 Å². The van der Waals surface area contributed by atoms with Crippen LogP contribution in [0.4, 0.5) is 13.2 Å². The van der Waals surface area contributed by atoms with Crippen LogP contribution >= 0.6 is 0 Å². The smallest absolute Gasteiger partial charge is 0.345 e. The largest absolute Gasteiger partial charge is 0.433 e. The Hall–Kier alpha value is -2.12. The SMILES string of the molecule is CC(C)(C)c1cc(C(F)(F)F)n2nc(C(=O)NC34CC5CC(CC(C5)C3)C4)cc2n1. The topological polar surface area (TPSA) is 59.3 Å². The molecular weight excluding hydrogens is 393 g/mol. The van der Waals surface area contributed by atoms with Gasteiger partial charge in [-0.25, -0.2) is 9.50 Å². The van der Waals surface area contributed by atoms with Crippen molar-refractivity contribution in [2.45, 2.75) is 76.4 Å². The molecule has 0 radical (unpaired) electrons. The third-order valence-electron chi connectivity index (χ3n) is 7.14. The molecule has 0 saturated heterocycles. The van der Waals surface area contributed by atoms with E-state index in [1.54, 1.807) is 0 Å². The van der Waals surface area contributed by atoms with E-state index in [2.05, 4.69) is 15.4 Å². The molecule has 0 unspecified atom stereocenters. The summed E-state index contributed by atoms with van der Waals surface area (Å²) in [6.45, 7) is 5.43. The first-order chi connectivity index (χ1) is 13.9. The number of alkyl halides is 3. The van der Waals surface area contributed by atoms with E-state index in [-0.39, 0.29) is 16.9 Å². The highest BCUT2D eigenvalue weighted by atomic mass is 19.4. The highest BCUT2D eigenvalue weighted by Gasteiger charge is 2.51. The number of fused-ring (bicyclic) bond motifs is 1. The molecule has 2 aromatic heterocycles. The Morgan fingerprint density at radius 1 is 1.07 bits per heavy atom. The maximum atomic E-state index is 13.7. The summed E-state index contributed by atoms with van der Waals surface area (Å²) in [5, 5.41) is 7.20. The molecule has 2 heterocycles. The van der Waals surface area contributed by atoms with Crippen LogP contribution in [-0.2, 0) is 11.6 Å². The van der Waals surface area contributed by atoms with Gasteiger partial charge < -0.3 is 5.32 Å². The second kappa shape index (κ2) is 6.20. The molecule has 8 heteroatoms. The van der Waals surface area contributed by atoms with Gasteiger partial charge in [0, 0.05) is 17.0 Å². The van der Waals surface area contributed by atoms with E-state index in [0.29, 0.717) is 23.4 Å². The van der Waals surface area contributed by atoms with Crippen LogP contribution < -0.4 is 5.32 Å². The average molecular weight is 420 g/mol. The van der Waals surface area contributed by atoms with Crippen LogP contribution in [0.3, 0.4) is 0 Å². The molecule has 4 bridgehead atoms. The summed E-state index contributed by atoms with van der Waals surface area (Å²) < 4.78 is 41.8. The summed E-state index contributed by atoms with van der Waals surface area (Å²) >= 11 is 0. The molecule has 162 valence electrons. The molecular formula is C22H27F3N4O. The summed E-state index contributed by atoms with van der Waals surface area (Å²) in [6.07, 6.45) is 2.06. The summed E-state index contributed by atoms with van der Waals surface area (Å²) in [6, 6.07) is 2.40. The van der Waals surface area contributed by atoms with Gasteiger partial charge in [0.1, 0.15) is 5.69 Å². The van der Waals surface area contributed by atoms with Crippen LogP contribution in [0.25, 0.3) is 5.65 Å². The molecule has 30 heavy (non-hydrogen) atoms. The van der Waals surface area contributed by atoms with Gasteiger partial charge in [-0.3, -0.25) is 4.79 Å². The van der Waals surface area contributed by atoms with Gasteiger partial charge in [-0.05, 0) is 62.3 Å². The van der Waals surface area contributed by atoms with E-state index in [9.17, 15) is 18.0 Å². The summed E-state index contributed by atoms with van der Waals surface area (Å²) in [5.74, 6) is 1.58. The normalized spacial score (nSPS) is 30.8. The lowest BCUT2D eigenvalue weighted by atomic mass is 9.53. The molecule has 1 N–H and O–H groups in total. The lowest BCUT2D eigenvalue weighted by Gasteiger charge is -2.56. The Kier molecular flexibility index (Phi) is 4.10. The fourth-order valence-corrected chi connectivity index (χ4v) is 6.24. The Labute approximate surface area is 173 Å². The minimum Gasteiger partial charge on any atom is -0.345 e. The quantitative estimate of drug-likeness (QED) is 0.763. The molecule has 4 aliphatic rings. The zero-order valence-electron chi connectivity index (χ0n) is 17.5. The molecule has 1 amide bonds. The van der Waals surface area contributed by atoms with Gasteiger partial charge in [0.2, 0.25) is 0 Å². The summed E-state index contributed by atoms with van der Waals surface area (Å²) in [4.78, 5) is 17.4. The van der Waals surface area contributed by atoms with Crippen LogP contribution in [0, 0.1) is 17.8 Å². The number of nitrogens with zero attached hydrogens (tertiary/aromatic N) is 3. The van der Waals surface area contributed by atoms with Crippen molar-refractivity contribution in [2.24, 2.45) is 17.8 Å². The zero-order chi connectivity index (χ0) is 21.5. The van der Waals surface area contributed by atoms with Gasteiger partial charge in [-0.2, -0.15) is 18.3 Å². The van der Waals surface area contributed by atoms with E-state index in [1.165, 1.54) is 25.3 Å². The van der Waals surface area contributed by atoms with Gasteiger partial charge >= 0.3 is 6.18 Å². The first kappa shape index (κ1) is 19.8. The van der Waals surface area contributed by atoms with Crippen molar-refractivity contribution in [2.75, 3.05) is 0 Å². The number of hydrogen-bond acceptors (Lipinski definition) is 3. The predicted molar refractivity (Wildman–Crippen MR) is 105 cm³/mol. The number of aromatic nitrogens is 3.